The van der Waals surface area contributed by atoms with Gasteiger partial charge in [0.05, 0.1) is 5.69 Å². The molecule has 0 spiro atoms. The number of hydrogen-bond acceptors (Lipinski definition) is 4. The molecule has 1 aromatic rings. The zero-order valence-corrected chi connectivity index (χ0v) is 18.1. The van der Waals surface area contributed by atoms with E-state index in [1.54, 1.807) is 0 Å². The molecule has 1 aliphatic heterocycles. The maximum absolute atomic E-state index is 4.53. The molecular weight excluding hydrogens is 356 g/mol. The molecule has 3 rings (SSSR count). The molecule has 2 heterocycles. The van der Waals surface area contributed by atoms with E-state index < -0.39 is 0 Å². The van der Waals surface area contributed by atoms with Gasteiger partial charge in [0.1, 0.15) is 0 Å². The first-order valence-corrected chi connectivity index (χ1v) is 11.6. The lowest BCUT2D eigenvalue weighted by molar-refractivity contribution is 0.107. The van der Waals surface area contributed by atoms with Crippen molar-refractivity contribution in [3.05, 3.63) is 17.5 Å². The number of thioether (sulfide) groups is 1. The molecule has 6 nitrogen and oxygen atoms in total. The monoisotopic (exact) mass is 392 g/mol. The highest BCUT2D eigenvalue weighted by Crippen LogP contribution is 2.36. The predicted octanol–water partition coefficient (Wildman–Crippen LogP) is 2.42. The van der Waals surface area contributed by atoms with Gasteiger partial charge >= 0.3 is 0 Å². The molecule has 2 fully saturated rings. The van der Waals surface area contributed by atoms with Crippen LogP contribution in [0.15, 0.2) is 11.1 Å². The zero-order chi connectivity index (χ0) is 19.1. The SMILES string of the molecule is CN=C(NCCCn1nc(C)cc1C)NCC1(N2CCSCC2)CCCC1. The van der Waals surface area contributed by atoms with E-state index in [0.29, 0.717) is 5.54 Å². The molecule has 0 amide bonds. The summed E-state index contributed by atoms with van der Waals surface area (Å²) in [6.45, 7) is 9.50. The van der Waals surface area contributed by atoms with Crippen LogP contribution in [0.3, 0.4) is 0 Å². The maximum Gasteiger partial charge on any atom is 0.191 e. The Balaban J connectivity index is 1.44. The lowest BCUT2D eigenvalue weighted by atomic mass is 9.94. The Morgan fingerprint density at radius 2 is 1.96 bits per heavy atom. The van der Waals surface area contributed by atoms with Crippen molar-refractivity contribution in [1.82, 2.24) is 25.3 Å². The summed E-state index contributed by atoms with van der Waals surface area (Å²) in [7, 11) is 1.87. The Labute approximate surface area is 168 Å². The van der Waals surface area contributed by atoms with Gasteiger partial charge in [0.15, 0.2) is 5.96 Å². The van der Waals surface area contributed by atoms with Crippen LogP contribution in [-0.4, -0.2) is 70.9 Å². The van der Waals surface area contributed by atoms with Crippen LogP contribution >= 0.6 is 11.8 Å². The minimum absolute atomic E-state index is 0.336. The fourth-order valence-corrected chi connectivity index (χ4v) is 5.38. The molecule has 2 N–H and O–H groups in total. The third-order valence-electron chi connectivity index (χ3n) is 5.97. The summed E-state index contributed by atoms with van der Waals surface area (Å²) in [4.78, 5) is 7.19. The number of nitrogens with zero attached hydrogens (tertiary/aromatic N) is 4. The summed E-state index contributed by atoms with van der Waals surface area (Å²) in [6, 6.07) is 2.13. The van der Waals surface area contributed by atoms with Crippen LogP contribution in [-0.2, 0) is 6.54 Å². The van der Waals surface area contributed by atoms with Gasteiger partial charge in [-0.05, 0) is 39.2 Å². The minimum Gasteiger partial charge on any atom is -0.356 e. The third kappa shape index (κ3) is 5.41. The first-order valence-electron chi connectivity index (χ1n) is 10.4. The van der Waals surface area contributed by atoms with Crippen molar-refractivity contribution in [3.8, 4) is 0 Å². The Bertz CT molecular complexity index is 614. The molecule has 2 aliphatic rings. The van der Waals surface area contributed by atoms with Crippen LogP contribution in [0.5, 0.6) is 0 Å². The molecule has 1 aliphatic carbocycles. The Morgan fingerprint density at radius 3 is 2.59 bits per heavy atom. The van der Waals surface area contributed by atoms with Crippen LogP contribution < -0.4 is 10.6 Å². The van der Waals surface area contributed by atoms with E-state index in [1.165, 1.54) is 56.0 Å². The van der Waals surface area contributed by atoms with Crippen molar-refractivity contribution >= 4 is 17.7 Å². The van der Waals surface area contributed by atoms with Gasteiger partial charge in [-0.1, -0.05) is 12.8 Å². The van der Waals surface area contributed by atoms with Gasteiger partial charge in [0.2, 0.25) is 0 Å². The van der Waals surface area contributed by atoms with Crippen molar-refractivity contribution in [3.63, 3.8) is 0 Å². The largest absolute Gasteiger partial charge is 0.356 e. The fourth-order valence-electron chi connectivity index (χ4n) is 4.48. The van der Waals surface area contributed by atoms with Crippen molar-refractivity contribution in [1.29, 1.82) is 0 Å². The van der Waals surface area contributed by atoms with Gasteiger partial charge < -0.3 is 10.6 Å². The summed E-state index contributed by atoms with van der Waals surface area (Å²) in [5, 5.41) is 11.6. The third-order valence-corrected chi connectivity index (χ3v) is 6.91. The van der Waals surface area contributed by atoms with Gasteiger partial charge in [-0.25, -0.2) is 0 Å². The highest BCUT2D eigenvalue weighted by molar-refractivity contribution is 7.99. The minimum atomic E-state index is 0.336. The predicted molar refractivity (Wildman–Crippen MR) is 116 cm³/mol. The van der Waals surface area contributed by atoms with Crippen LogP contribution in [0, 0.1) is 13.8 Å². The van der Waals surface area contributed by atoms with Crippen LogP contribution in [0.25, 0.3) is 0 Å². The number of nitrogens with one attached hydrogen (secondary N) is 2. The average Bonchev–Trinajstić information content (AvgIpc) is 3.29. The van der Waals surface area contributed by atoms with Gasteiger partial charge in [-0.2, -0.15) is 16.9 Å². The smallest absolute Gasteiger partial charge is 0.191 e. The van der Waals surface area contributed by atoms with E-state index >= 15 is 0 Å². The van der Waals surface area contributed by atoms with Crippen LogP contribution in [0.4, 0.5) is 0 Å². The van der Waals surface area contributed by atoms with E-state index in [2.05, 4.69) is 55.1 Å². The lowest BCUT2D eigenvalue weighted by Gasteiger charge is -2.43. The summed E-state index contributed by atoms with van der Waals surface area (Å²) < 4.78 is 2.09. The Morgan fingerprint density at radius 1 is 1.22 bits per heavy atom. The maximum atomic E-state index is 4.53. The second-order valence-corrected chi connectivity index (χ2v) is 9.11. The Hall–Kier alpha value is -1.21. The van der Waals surface area contributed by atoms with Crippen LogP contribution in [0.2, 0.25) is 0 Å². The van der Waals surface area contributed by atoms with Crippen molar-refractivity contribution in [2.45, 2.75) is 58.0 Å². The molecule has 1 saturated heterocycles. The molecule has 1 saturated carbocycles. The van der Waals surface area contributed by atoms with E-state index in [1.807, 2.05) is 14.0 Å². The van der Waals surface area contributed by atoms with E-state index in [-0.39, 0.29) is 0 Å². The number of aromatic nitrogens is 2. The standard InChI is InChI=1S/C20H36N6S/c1-17-15-18(2)26(24-17)10-6-9-22-19(21-3)23-16-20(7-4-5-8-20)25-11-13-27-14-12-25/h15H,4-14,16H2,1-3H3,(H2,21,22,23). The quantitative estimate of drug-likeness (QED) is 0.424. The first kappa shape index (κ1) is 20.5. The Kier molecular flexibility index (Phi) is 7.47. The summed E-state index contributed by atoms with van der Waals surface area (Å²) in [5.41, 5.74) is 2.66. The van der Waals surface area contributed by atoms with Crippen molar-refractivity contribution in [2.75, 3.05) is 44.7 Å². The van der Waals surface area contributed by atoms with Crippen molar-refractivity contribution < 1.29 is 0 Å². The fraction of sp³-hybridized carbons (Fsp3) is 0.800. The molecule has 7 heteroatoms. The number of aryl methyl sites for hydroxylation is 3. The number of rotatable bonds is 7. The zero-order valence-electron chi connectivity index (χ0n) is 17.3. The molecule has 152 valence electrons. The van der Waals surface area contributed by atoms with Crippen LogP contribution in [0.1, 0.15) is 43.5 Å². The molecule has 1 aromatic heterocycles. The molecule has 0 aromatic carbocycles. The first-order chi connectivity index (χ1) is 13.1. The van der Waals surface area contributed by atoms with E-state index in [0.717, 1.165) is 37.7 Å². The molecule has 0 atom stereocenters. The van der Waals surface area contributed by atoms with E-state index in [4.69, 9.17) is 0 Å². The molecule has 0 bridgehead atoms. The topological polar surface area (TPSA) is 57.5 Å². The summed E-state index contributed by atoms with van der Waals surface area (Å²) in [5.74, 6) is 3.49. The summed E-state index contributed by atoms with van der Waals surface area (Å²) >= 11 is 2.09. The highest BCUT2D eigenvalue weighted by atomic mass is 32.2. The summed E-state index contributed by atoms with van der Waals surface area (Å²) in [6.07, 6.45) is 6.40. The molecule has 0 radical (unpaired) electrons. The normalized spacial score (nSPS) is 20.8. The van der Waals surface area contributed by atoms with E-state index in [9.17, 15) is 0 Å². The second-order valence-electron chi connectivity index (χ2n) is 7.89. The van der Waals surface area contributed by atoms with Gasteiger partial charge in [0, 0.05) is 62.5 Å². The molecule has 27 heavy (non-hydrogen) atoms. The van der Waals surface area contributed by atoms with Gasteiger partial charge in [0.25, 0.3) is 0 Å². The van der Waals surface area contributed by atoms with Gasteiger partial charge in [-0.3, -0.25) is 14.6 Å². The number of guanidine groups is 1. The lowest BCUT2D eigenvalue weighted by Crippen LogP contribution is -2.57. The second kappa shape index (κ2) is 9.82. The number of aliphatic imine (C=N–C) groups is 1. The van der Waals surface area contributed by atoms with Crippen molar-refractivity contribution in [2.24, 2.45) is 4.99 Å². The molecule has 0 unspecified atom stereocenters. The molecular formula is C20H36N6S. The number of hydrogen-bond donors (Lipinski definition) is 2. The average molecular weight is 393 g/mol. The highest BCUT2D eigenvalue weighted by Gasteiger charge is 2.39. The van der Waals surface area contributed by atoms with Gasteiger partial charge in [-0.15, -0.1) is 0 Å².